The van der Waals surface area contributed by atoms with Crippen molar-refractivity contribution in [2.75, 3.05) is 12.4 Å². The molecule has 0 radical (unpaired) electrons. The predicted octanol–water partition coefficient (Wildman–Crippen LogP) is 3.70. The highest BCUT2D eigenvalue weighted by molar-refractivity contribution is 6.02. The van der Waals surface area contributed by atoms with Crippen LogP contribution in [0, 0.1) is 0 Å². The van der Waals surface area contributed by atoms with E-state index in [1.54, 1.807) is 54.4 Å². The lowest BCUT2D eigenvalue weighted by Gasteiger charge is -2.05. The number of aromatic nitrogens is 5. The average Bonchev–Trinajstić information content (AvgIpc) is 3.44. The van der Waals surface area contributed by atoms with Crippen molar-refractivity contribution >= 4 is 11.6 Å². The Balaban J connectivity index is 1.58. The van der Waals surface area contributed by atoms with Gasteiger partial charge in [-0.15, -0.1) is 0 Å². The van der Waals surface area contributed by atoms with Gasteiger partial charge >= 0.3 is 0 Å². The number of carbonyl (C=O) groups excluding carboxylic acids is 1. The van der Waals surface area contributed by atoms with Crippen LogP contribution >= 0.6 is 0 Å². The molecule has 0 aliphatic rings. The number of amides is 1. The van der Waals surface area contributed by atoms with Crippen LogP contribution in [0.4, 0.5) is 5.69 Å². The van der Waals surface area contributed by atoms with E-state index in [0.29, 0.717) is 34.5 Å². The fourth-order valence-electron chi connectivity index (χ4n) is 2.77. The highest BCUT2D eigenvalue weighted by Crippen LogP contribution is 2.25. The highest BCUT2D eigenvalue weighted by atomic mass is 16.5. The number of carbonyl (C=O) groups is 1. The summed E-state index contributed by atoms with van der Waals surface area (Å²) in [6, 6.07) is 10.7. The molecular formula is C21H20N6O3. The van der Waals surface area contributed by atoms with Crippen LogP contribution in [0.2, 0.25) is 0 Å². The number of benzene rings is 1. The molecule has 0 aliphatic carbocycles. The minimum atomic E-state index is -0.337. The van der Waals surface area contributed by atoms with Crippen molar-refractivity contribution in [2.45, 2.75) is 19.8 Å². The topological polar surface area (TPSA) is 108 Å². The first kappa shape index (κ1) is 19.3. The summed E-state index contributed by atoms with van der Waals surface area (Å²) in [5.74, 6) is 2.03. The summed E-state index contributed by atoms with van der Waals surface area (Å²) in [5, 5.41) is 6.81. The Morgan fingerprint density at radius 2 is 1.97 bits per heavy atom. The van der Waals surface area contributed by atoms with Crippen LogP contribution in [0.3, 0.4) is 0 Å². The number of anilines is 1. The van der Waals surface area contributed by atoms with Crippen molar-refractivity contribution in [3.63, 3.8) is 0 Å². The molecule has 30 heavy (non-hydrogen) atoms. The maximum Gasteiger partial charge on any atom is 0.275 e. The third-order valence-corrected chi connectivity index (χ3v) is 4.38. The molecule has 0 spiro atoms. The van der Waals surface area contributed by atoms with E-state index in [1.807, 2.05) is 19.9 Å². The molecule has 152 valence electrons. The maximum atomic E-state index is 12.6. The Labute approximate surface area is 172 Å². The minimum absolute atomic E-state index is 0.143. The molecule has 0 aliphatic heterocycles. The molecule has 1 amide bonds. The number of pyridine rings is 1. The zero-order chi connectivity index (χ0) is 21.1. The van der Waals surface area contributed by atoms with Crippen molar-refractivity contribution in [3.8, 4) is 23.0 Å². The standard InChI is InChI=1S/C21H20N6O3/c1-13(2)18-25-21(30-26-18)16-5-4-10-22-19(16)27-11-17(23-12-27)20(28)24-14-6-8-15(29-3)9-7-14/h4-13H,1-3H3,(H,24,28). The van der Waals surface area contributed by atoms with Crippen molar-refractivity contribution in [3.05, 3.63) is 66.6 Å². The zero-order valence-corrected chi connectivity index (χ0v) is 16.7. The Morgan fingerprint density at radius 3 is 2.67 bits per heavy atom. The van der Waals surface area contributed by atoms with E-state index in [2.05, 4.69) is 25.4 Å². The fraction of sp³-hybridized carbons (Fsp3) is 0.190. The number of hydrogen-bond donors (Lipinski definition) is 1. The number of methoxy groups -OCH3 is 1. The molecule has 0 saturated carbocycles. The Hall–Kier alpha value is -4.01. The summed E-state index contributed by atoms with van der Waals surface area (Å²) in [5.41, 5.74) is 1.54. The molecule has 0 fully saturated rings. The van der Waals surface area contributed by atoms with Gasteiger partial charge in [-0.3, -0.25) is 9.36 Å². The third kappa shape index (κ3) is 3.90. The lowest BCUT2D eigenvalue weighted by atomic mass is 10.2. The number of nitrogens with one attached hydrogen (secondary N) is 1. The van der Waals surface area contributed by atoms with Crippen LogP contribution < -0.4 is 10.1 Å². The molecule has 1 N–H and O–H groups in total. The molecule has 3 heterocycles. The van der Waals surface area contributed by atoms with E-state index < -0.39 is 0 Å². The molecule has 9 heteroatoms. The second-order valence-corrected chi connectivity index (χ2v) is 6.84. The number of rotatable bonds is 6. The van der Waals surface area contributed by atoms with Gasteiger partial charge in [0.25, 0.3) is 11.8 Å². The predicted molar refractivity (Wildman–Crippen MR) is 110 cm³/mol. The monoisotopic (exact) mass is 404 g/mol. The number of hydrogen-bond acceptors (Lipinski definition) is 7. The van der Waals surface area contributed by atoms with E-state index >= 15 is 0 Å². The van der Waals surface area contributed by atoms with Crippen LogP contribution in [-0.4, -0.2) is 37.7 Å². The normalized spacial score (nSPS) is 10.9. The van der Waals surface area contributed by atoms with Crippen molar-refractivity contribution in [2.24, 2.45) is 0 Å². The fourth-order valence-corrected chi connectivity index (χ4v) is 2.77. The van der Waals surface area contributed by atoms with Gasteiger partial charge in [0.15, 0.2) is 11.6 Å². The van der Waals surface area contributed by atoms with Gasteiger partial charge in [-0.25, -0.2) is 9.97 Å². The molecule has 1 aromatic carbocycles. The summed E-state index contributed by atoms with van der Waals surface area (Å²) < 4.78 is 12.2. The summed E-state index contributed by atoms with van der Waals surface area (Å²) in [6.07, 6.45) is 4.77. The minimum Gasteiger partial charge on any atom is -0.497 e. The second-order valence-electron chi connectivity index (χ2n) is 6.84. The molecule has 0 saturated heterocycles. The van der Waals surface area contributed by atoms with E-state index in [-0.39, 0.29) is 17.5 Å². The lowest BCUT2D eigenvalue weighted by molar-refractivity contribution is 0.102. The molecule has 0 bridgehead atoms. The maximum absolute atomic E-state index is 12.6. The summed E-state index contributed by atoms with van der Waals surface area (Å²) in [6.45, 7) is 3.98. The lowest BCUT2D eigenvalue weighted by Crippen LogP contribution is -2.12. The SMILES string of the molecule is COc1ccc(NC(=O)c2cn(-c3ncccc3-c3nc(C(C)C)no3)cn2)cc1. The summed E-state index contributed by atoms with van der Waals surface area (Å²) in [4.78, 5) is 25.6. The molecule has 0 atom stereocenters. The Bertz CT molecular complexity index is 1160. The second kappa shape index (κ2) is 8.16. The van der Waals surface area contributed by atoms with E-state index in [4.69, 9.17) is 9.26 Å². The smallest absolute Gasteiger partial charge is 0.275 e. The summed E-state index contributed by atoms with van der Waals surface area (Å²) >= 11 is 0. The first-order valence-corrected chi connectivity index (χ1v) is 9.34. The molecule has 0 unspecified atom stereocenters. The van der Waals surface area contributed by atoms with Gasteiger partial charge in [0.1, 0.15) is 17.8 Å². The Kier molecular flexibility index (Phi) is 5.25. The zero-order valence-electron chi connectivity index (χ0n) is 16.7. The van der Waals surface area contributed by atoms with E-state index in [0.717, 1.165) is 0 Å². The van der Waals surface area contributed by atoms with E-state index in [9.17, 15) is 4.79 Å². The average molecular weight is 404 g/mol. The van der Waals surface area contributed by atoms with Gasteiger partial charge in [-0.05, 0) is 36.4 Å². The molecule has 4 rings (SSSR count). The van der Waals surface area contributed by atoms with Crippen molar-refractivity contribution in [1.82, 2.24) is 24.7 Å². The molecule has 3 aromatic heterocycles. The van der Waals surface area contributed by atoms with Crippen molar-refractivity contribution < 1.29 is 14.1 Å². The third-order valence-electron chi connectivity index (χ3n) is 4.38. The van der Waals surface area contributed by atoms with Gasteiger partial charge < -0.3 is 14.6 Å². The van der Waals surface area contributed by atoms with Gasteiger partial charge in [0, 0.05) is 24.0 Å². The van der Waals surface area contributed by atoms with Gasteiger partial charge in [-0.1, -0.05) is 19.0 Å². The van der Waals surface area contributed by atoms with Crippen molar-refractivity contribution in [1.29, 1.82) is 0 Å². The number of ether oxygens (including phenoxy) is 1. The van der Waals surface area contributed by atoms with Crippen LogP contribution in [0.5, 0.6) is 5.75 Å². The van der Waals surface area contributed by atoms with Crippen LogP contribution in [0.1, 0.15) is 36.1 Å². The quantitative estimate of drug-likeness (QED) is 0.522. The highest BCUT2D eigenvalue weighted by Gasteiger charge is 2.18. The number of imidazole rings is 1. The van der Waals surface area contributed by atoms with Crippen LogP contribution in [0.15, 0.2) is 59.6 Å². The van der Waals surface area contributed by atoms with Crippen LogP contribution in [-0.2, 0) is 0 Å². The molecule has 4 aromatic rings. The first-order chi connectivity index (χ1) is 14.5. The van der Waals surface area contributed by atoms with Gasteiger partial charge in [-0.2, -0.15) is 4.98 Å². The van der Waals surface area contributed by atoms with Gasteiger partial charge in [0.05, 0.1) is 12.7 Å². The summed E-state index contributed by atoms with van der Waals surface area (Å²) in [7, 11) is 1.59. The van der Waals surface area contributed by atoms with E-state index in [1.165, 1.54) is 6.33 Å². The van der Waals surface area contributed by atoms with Crippen LogP contribution in [0.25, 0.3) is 17.3 Å². The molecule has 9 nitrogen and oxygen atoms in total. The largest absolute Gasteiger partial charge is 0.497 e. The van der Waals surface area contributed by atoms with Gasteiger partial charge in [0.2, 0.25) is 0 Å². The first-order valence-electron chi connectivity index (χ1n) is 9.34. The Morgan fingerprint density at radius 1 is 1.17 bits per heavy atom. The number of nitrogens with zero attached hydrogens (tertiary/aromatic N) is 5. The molecular weight excluding hydrogens is 384 g/mol.